The minimum absolute atomic E-state index is 0.124. The van der Waals surface area contributed by atoms with Gasteiger partial charge in [0, 0.05) is 43.3 Å². The molecule has 1 aliphatic heterocycles. The van der Waals surface area contributed by atoms with Crippen LogP contribution in [0.15, 0.2) is 53.2 Å². The van der Waals surface area contributed by atoms with Crippen LogP contribution in [-0.2, 0) is 11.3 Å². The molecule has 1 aromatic carbocycles. The highest BCUT2D eigenvalue weighted by atomic mass is 32.1. The number of pyridine rings is 1. The molecule has 1 fully saturated rings. The van der Waals surface area contributed by atoms with E-state index < -0.39 is 0 Å². The summed E-state index contributed by atoms with van der Waals surface area (Å²) in [5.74, 6) is 0.696. The summed E-state index contributed by atoms with van der Waals surface area (Å²) in [4.78, 5) is 19.7. The number of likely N-dealkylation sites (N-methyl/N-ethyl adjacent to an activating group) is 1. The van der Waals surface area contributed by atoms with Crippen LogP contribution in [0.2, 0.25) is 0 Å². The lowest BCUT2D eigenvalue weighted by molar-refractivity contribution is 0.0392. The van der Waals surface area contributed by atoms with Gasteiger partial charge in [0.05, 0.1) is 17.0 Å². The minimum atomic E-state index is -0.124. The van der Waals surface area contributed by atoms with Gasteiger partial charge in [-0.3, -0.25) is 14.7 Å². The van der Waals surface area contributed by atoms with Gasteiger partial charge in [0.2, 0.25) is 0 Å². The van der Waals surface area contributed by atoms with Gasteiger partial charge in [0.1, 0.15) is 12.4 Å². The lowest BCUT2D eigenvalue weighted by Crippen LogP contribution is -2.38. The fourth-order valence-electron chi connectivity index (χ4n) is 4.01. The van der Waals surface area contributed by atoms with Gasteiger partial charge >= 0.3 is 0 Å². The second kappa shape index (κ2) is 11.4. The van der Waals surface area contributed by atoms with Crippen molar-refractivity contribution in [2.45, 2.75) is 32.4 Å². The number of hydrogen-bond donors (Lipinski definition) is 1. The lowest BCUT2D eigenvalue weighted by atomic mass is 10.1. The largest absolute Gasteiger partial charge is 0.492 e. The molecule has 6 nitrogen and oxygen atoms in total. The quantitative estimate of drug-likeness (QED) is 0.503. The standard InChI is InChI=1S/C26H31N3O3S/c1-19-24(6-7-25(28-19)21-10-15-33-18-21)26(30)27-17-20-4-3-5-23(16-20)32-14-11-29(2)22-8-12-31-13-9-22/h3-7,10,15-16,18,22H,8-9,11-14,17H2,1-2H3,(H,27,30). The van der Waals surface area contributed by atoms with Gasteiger partial charge in [-0.25, -0.2) is 0 Å². The number of nitrogens with one attached hydrogen (secondary N) is 1. The van der Waals surface area contributed by atoms with E-state index in [-0.39, 0.29) is 5.91 Å². The molecule has 1 saturated heterocycles. The average molecular weight is 466 g/mol. The molecule has 2 aromatic heterocycles. The zero-order valence-electron chi connectivity index (χ0n) is 19.3. The minimum Gasteiger partial charge on any atom is -0.492 e. The predicted molar refractivity (Wildman–Crippen MR) is 132 cm³/mol. The van der Waals surface area contributed by atoms with Crippen LogP contribution in [0.5, 0.6) is 5.75 Å². The van der Waals surface area contributed by atoms with Gasteiger partial charge in [0.25, 0.3) is 5.91 Å². The topological polar surface area (TPSA) is 63.7 Å². The number of amides is 1. The number of thiophene rings is 1. The van der Waals surface area contributed by atoms with Crippen LogP contribution in [0.4, 0.5) is 0 Å². The summed E-state index contributed by atoms with van der Waals surface area (Å²) in [6.45, 7) is 5.50. The van der Waals surface area contributed by atoms with E-state index in [1.807, 2.05) is 54.8 Å². The number of aryl methyl sites for hydroxylation is 1. The van der Waals surface area contributed by atoms with Gasteiger partial charge in [0.15, 0.2) is 0 Å². The number of carbonyl (C=O) groups is 1. The fourth-order valence-corrected chi connectivity index (χ4v) is 4.66. The Labute approximate surface area is 199 Å². The van der Waals surface area contributed by atoms with Crippen molar-refractivity contribution >= 4 is 17.2 Å². The SMILES string of the molecule is Cc1nc(-c2ccsc2)ccc1C(=O)NCc1cccc(OCCN(C)C2CCOCC2)c1. The van der Waals surface area contributed by atoms with Crippen molar-refractivity contribution in [1.82, 2.24) is 15.2 Å². The molecule has 4 rings (SSSR count). The van der Waals surface area contributed by atoms with Crippen molar-refractivity contribution in [1.29, 1.82) is 0 Å². The van der Waals surface area contributed by atoms with Gasteiger partial charge in [-0.05, 0) is 68.1 Å². The molecule has 1 aliphatic rings. The Bertz CT molecular complexity index is 1050. The lowest BCUT2D eigenvalue weighted by Gasteiger charge is -2.31. The van der Waals surface area contributed by atoms with Gasteiger partial charge in [-0.15, -0.1) is 0 Å². The molecule has 3 heterocycles. The molecule has 0 bridgehead atoms. The molecule has 0 saturated carbocycles. The maximum atomic E-state index is 12.7. The number of benzene rings is 1. The third-order valence-corrected chi connectivity index (χ3v) is 6.71. The van der Waals surface area contributed by atoms with Crippen molar-refractivity contribution in [3.05, 3.63) is 70.0 Å². The predicted octanol–water partition coefficient (Wildman–Crippen LogP) is 4.54. The summed E-state index contributed by atoms with van der Waals surface area (Å²) in [5.41, 5.74) is 4.28. The Morgan fingerprint density at radius 1 is 1.24 bits per heavy atom. The zero-order chi connectivity index (χ0) is 23.0. The van der Waals surface area contributed by atoms with Gasteiger partial charge < -0.3 is 14.8 Å². The summed E-state index contributed by atoms with van der Waals surface area (Å²) in [6.07, 6.45) is 2.16. The maximum Gasteiger partial charge on any atom is 0.253 e. The Morgan fingerprint density at radius 3 is 2.85 bits per heavy atom. The van der Waals surface area contributed by atoms with Crippen molar-refractivity contribution in [2.75, 3.05) is 33.4 Å². The van der Waals surface area contributed by atoms with E-state index in [2.05, 4.69) is 27.6 Å². The molecule has 174 valence electrons. The monoisotopic (exact) mass is 465 g/mol. The van der Waals surface area contributed by atoms with Crippen LogP contribution in [0.25, 0.3) is 11.3 Å². The molecular formula is C26H31N3O3S. The van der Waals surface area contributed by atoms with Crippen LogP contribution in [-0.4, -0.2) is 55.2 Å². The summed E-state index contributed by atoms with van der Waals surface area (Å²) >= 11 is 1.63. The van der Waals surface area contributed by atoms with Crippen molar-refractivity contribution < 1.29 is 14.3 Å². The third-order valence-electron chi connectivity index (χ3n) is 6.03. The normalized spacial score (nSPS) is 14.4. The van der Waals surface area contributed by atoms with Crippen molar-refractivity contribution in [3.63, 3.8) is 0 Å². The first kappa shape index (κ1) is 23.4. The van der Waals surface area contributed by atoms with E-state index in [0.717, 1.165) is 60.9 Å². The maximum absolute atomic E-state index is 12.7. The van der Waals surface area contributed by atoms with Crippen LogP contribution in [0, 0.1) is 6.92 Å². The number of rotatable bonds is 9. The molecule has 1 N–H and O–H groups in total. The number of ether oxygens (including phenoxy) is 2. The second-order valence-corrected chi connectivity index (χ2v) is 9.12. The Hall–Kier alpha value is -2.74. The summed E-state index contributed by atoms with van der Waals surface area (Å²) < 4.78 is 11.4. The highest BCUT2D eigenvalue weighted by molar-refractivity contribution is 7.08. The number of hydrogen-bond acceptors (Lipinski definition) is 6. The van der Waals surface area contributed by atoms with E-state index >= 15 is 0 Å². The molecule has 3 aromatic rings. The number of aromatic nitrogens is 1. The van der Waals surface area contributed by atoms with Gasteiger partial charge in [-0.2, -0.15) is 11.3 Å². The molecule has 0 atom stereocenters. The Morgan fingerprint density at radius 2 is 2.09 bits per heavy atom. The summed E-state index contributed by atoms with van der Waals surface area (Å²) in [5, 5.41) is 7.08. The zero-order valence-corrected chi connectivity index (χ0v) is 20.1. The highest BCUT2D eigenvalue weighted by Gasteiger charge is 2.18. The highest BCUT2D eigenvalue weighted by Crippen LogP contribution is 2.21. The Balaban J connectivity index is 1.27. The summed E-state index contributed by atoms with van der Waals surface area (Å²) in [7, 11) is 2.15. The van der Waals surface area contributed by atoms with E-state index in [1.54, 1.807) is 11.3 Å². The molecule has 0 radical (unpaired) electrons. The van der Waals surface area contributed by atoms with Crippen LogP contribution in [0.1, 0.15) is 34.5 Å². The van der Waals surface area contributed by atoms with Crippen molar-refractivity contribution in [3.8, 4) is 17.0 Å². The number of carbonyl (C=O) groups excluding carboxylic acids is 1. The molecular weight excluding hydrogens is 434 g/mol. The van der Waals surface area contributed by atoms with E-state index in [9.17, 15) is 4.79 Å². The first-order chi connectivity index (χ1) is 16.1. The molecule has 1 amide bonds. The molecule has 0 aliphatic carbocycles. The number of nitrogens with zero attached hydrogens (tertiary/aromatic N) is 2. The molecule has 0 unspecified atom stereocenters. The first-order valence-electron chi connectivity index (χ1n) is 11.4. The smallest absolute Gasteiger partial charge is 0.253 e. The first-order valence-corrected chi connectivity index (χ1v) is 12.3. The summed E-state index contributed by atoms with van der Waals surface area (Å²) in [6, 6.07) is 14.2. The van der Waals surface area contributed by atoms with Gasteiger partial charge in [-0.1, -0.05) is 12.1 Å². The van der Waals surface area contributed by atoms with E-state index in [4.69, 9.17) is 9.47 Å². The van der Waals surface area contributed by atoms with Crippen LogP contribution in [0.3, 0.4) is 0 Å². The van der Waals surface area contributed by atoms with Crippen LogP contribution >= 0.6 is 11.3 Å². The molecule has 7 heteroatoms. The molecule has 33 heavy (non-hydrogen) atoms. The van der Waals surface area contributed by atoms with Crippen LogP contribution < -0.4 is 10.1 Å². The Kier molecular flexibility index (Phi) is 8.10. The second-order valence-electron chi connectivity index (χ2n) is 8.34. The molecule has 0 spiro atoms. The average Bonchev–Trinajstić information content (AvgIpc) is 3.38. The third kappa shape index (κ3) is 6.41. The van der Waals surface area contributed by atoms with Crippen molar-refractivity contribution in [2.24, 2.45) is 0 Å². The van der Waals surface area contributed by atoms with E-state index in [1.165, 1.54) is 0 Å². The van der Waals surface area contributed by atoms with E-state index in [0.29, 0.717) is 24.8 Å². The fraction of sp³-hybridized carbons (Fsp3) is 0.385.